The molecule has 0 heterocycles. The Kier molecular flexibility index (Phi) is 4.99. The smallest absolute Gasteiger partial charge is 0.337 e. The van der Waals surface area contributed by atoms with Gasteiger partial charge in [0.05, 0.1) is 25.3 Å². The largest absolute Gasteiger partial charge is 0.465 e. The van der Waals surface area contributed by atoms with E-state index in [-0.39, 0.29) is 12.5 Å². The SMILES string of the molecule is COC(=O)c1cccc(NCC(=O)NC2(C#N)CCCC2)c1. The lowest BCUT2D eigenvalue weighted by atomic mass is 10.00. The maximum atomic E-state index is 12.0. The summed E-state index contributed by atoms with van der Waals surface area (Å²) in [5.74, 6) is -0.658. The molecule has 2 N–H and O–H groups in total. The fraction of sp³-hybridized carbons (Fsp3) is 0.438. The third-order valence-corrected chi connectivity index (χ3v) is 3.79. The summed E-state index contributed by atoms with van der Waals surface area (Å²) in [4.78, 5) is 23.4. The number of nitriles is 1. The first-order valence-corrected chi connectivity index (χ1v) is 7.23. The van der Waals surface area contributed by atoms with E-state index in [1.54, 1.807) is 24.3 Å². The highest BCUT2D eigenvalue weighted by molar-refractivity contribution is 5.90. The Morgan fingerprint density at radius 3 is 2.73 bits per heavy atom. The number of amides is 1. The Balaban J connectivity index is 1.91. The highest BCUT2D eigenvalue weighted by Gasteiger charge is 2.35. The molecule has 0 unspecified atom stereocenters. The van der Waals surface area contributed by atoms with E-state index in [0.717, 1.165) is 12.8 Å². The van der Waals surface area contributed by atoms with Crippen LogP contribution in [0, 0.1) is 11.3 Å². The van der Waals surface area contributed by atoms with Crippen molar-refractivity contribution < 1.29 is 14.3 Å². The van der Waals surface area contributed by atoms with Crippen LogP contribution in [-0.2, 0) is 9.53 Å². The van der Waals surface area contributed by atoms with Crippen molar-refractivity contribution in [3.8, 4) is 6.07 Å². The van der Waals surface area contributed by atoms with Gasteiger partial charge in [-0.25, -0.2) is 4.79 Å². The van der Waals surface area contributed by atoms with Crippen molar-refractivity contribution in [1.29, 1.82) is 5.26 Å². The van der Waals surface area contributed by atoms with Gasteiger partial charge in [0.15, 0.2) is 0 Å². The Labute approximate surface area is 129 Å². The molecule has 0 atom stereocenters. The maximum absolute atomic E-state index is 12.0. The van der Waals surface area contributed by atoms with Crippen molar-refractivity contribution in [3.63, 3.8) is 0 Å². The predicted octanol–water partition coefficient (Wildman–Crippen LogP) is 1.84. The van der Waals surface area contributed by atoms with E-state index in [0.29, 0.717) is 24.1 Å². The van der Waals surface area contributed by atoms with Crippen molar-refractivity contribution in [2.24, 2.45) is 0 Å². The number of benzene rings is 1. The second kappa shape index (κ2) is 6.94. The Hall–Kier alpha value is -2.55. The number of rotatable bonds is 5. The predicted molar refractivity (Wildman–Crippen MR) is 81.2 cm³/mol. The van der Waals surface area contributed by atoms with Gasteiger partial charge in [0.2, 0.25) is 5.91 Å². The number of nitrogens with one attached hydrogen (secondary N) is 2. The molecule has 0 spiro atoms. The third kappa shape index (κ3) is 3.76. The average Bonchev–Trinajstić information content (AvgIpc) is 3.01. The molecular formula is C16H19N3O3. The molecule has 0 saturated heterocycles. The van der Waals surface area contributed by atoms with Gasteiger partial charge in [-0.3, -0.25) is 4.79 Å². The minimum Gasteiger partial charge on any atom is -0.465 e. The molecule has 1 aromatic rings. The number of hydrogen-bond acceptors (Lipinski definition) is 5. The number of esters is 1. The molecule has 1 amide bonds. The van der Waals surface area contributed by atoms with Gasteiger partial charge in [-0.2, -0.15) is 5.26 Å². The zero-order chi connectivity index (χ0) is 16.0. The summed E-state index contributed by atoms with van der Waals surface area (Å²) in [5, 5.41) is 15.0. The Bertz CT molecular complexity index is 601. The first-order chi connectivity index (χ1) is 10.6. The van der Waals surface area contributed by atoms with Crippen LogP contribution in [0.15, 0.2) is 24.3 Å². The van der Waals surface area contributed by atoms with Crippen LogP contribution in [0.2, 0.25) is 0 Å². The number of anilines is 1. The molecule has 1 saturated carbocycles. The zero-order valence-corrected chi connectivity index (χ0v) is 12.5. The molecule has 6 heteroatoms. The van der Waals surface area contributed by atoms with Crippen molar-refractivity contribution in [1.82, 2.24) is 5.32 Å². The number of carbonyl (C=O) groups is 2. The molecule has 0 radical (unpaired) electrons. The highest BCUT2D eigenvalue weighted by atomic mass is 16.5. The standard InChI is InChI=1S/C16H19N3O3/c1-22-15(21)12-5-4-6-13(9-12)18-10-14(20)19-16(11-17)7-2-3-8-16/h4-6,9,18H,2-3,7-8,10H2,1H3,(H,19,20). The minimum absolute atomic E-state index is 0.0497. The van der Waals surface area contributed by atoms with Crippen molar-refractivity contribution in [2.75, 3.05) is 19.0 Å². The number of nitrogens with zero attached hydrogens (tertiary/aromatic N) is 1. The van der Waals surface area contributed by atoms with Crippen LogP contribution < -0.4 is 10.6 Å². The van der Waals surface area contributed by atoms with Crippen molar-refractivity contribution >= 4 is 17.6 Å². The molecule has 0 bridgehead atoms. The molecule has 22 heavy (non-hydrogen) atoms. The quantitative estimate of drug-likeness (QED) is 0.810. The summed E-state index contributed by atoms with van der Waals surface area (Å²) >= 11 is 0. The van der Waals surface area contributed by atoms with Crippen LogP contribution >= 0.6 is 0 Å². The summed E-state index contributed by atoms with van der Waals surface area (Å²) in [6.07, 6.45) is 3.32. The molecule has 1 aromatic carbocycles. The lowest BCUT2D eigenvalue weighted by Crippen LogP contribution is -2.47. The second-order valence-corrected chi connectivity index (χ2v) is 5.38. The fourth-order valence-electron chi connectivity index (χ4n) is 2.61. The van der Waals surface area contributed by atoms with E-state index < -0.39 is 11.5 Å². The number of methoxy groups -OCH3 is 1. The van der Waals surface area contributed by atoms with E-state index in [1.807, 2.05) is 0 Å². The van der Waals surface area contributed by atoms with Crippen LogP contribution in [-0.4, -0.2) is 31.1 Å². The van der Waals surface area contributed by atoms with E-state index in [2.05, 4.69) is 21.4 Å². The van der Waals surface area contributed by atoms with Gasteiger partial charge in [-0.1, -0.05) is 6.07 Å². The summed E-state index contributed by atoms with van der Waals surface area (Å²) in [6, 6.07) is 8.94. The monoisotopic (exact) mass is 301 g/mol. The molecule has 1 fully saturated rings. The second-order valence-electron chi connectivity index (χ2n) is 5.38. The maximum Gasteiger partial charge on any atom is 0.337 e. The number of ether oxygens (including phenoxy) is 1. The molecule has 0 aromatic heterocycles. The molecule has 116 valence electrons. The van der Waals surface area contributed by atoms with E-state index >= 15 is 0 Å². The Morgan fingerprint density at radius 1 is 1.36 bits per heavy atom. The zero-order valence-electron chi connectivity index (χ0n) is 12.5. The van der Waals surface area contributed by atoms with Gasteiger partial charge in [0.1, 0.15) is 5.54 Å². The Morgan fingerprint density at radius 2 is 2.09 bits per heavy atom. The van der Waals surface area contributed by atoms with Gasteiger partial charge >= 0.3 is 5.97 Å². The van der Waals surface area contributed by atoms with E-state index in [1.165, 1.54) is 7.11 Å². The fourth-order valence-corrected chi connectivity index (χ4v) is 2.61. The van der Waals surface area contributed by atoms with Gasteiger partial charge < -0.3 is 15.4 Å². The van der Waals surface area contributed by atoms with Crippen molar-refractivity contribution in [2.45, 2.75) is 31.2 Å². The lowest BCUT2D eigenvalue weighted by molar-refractivity contribution is -0.120. The molecule has 2 rings (SSSR count). The summed E-state index contributed by atoms with van der Waals surface area (Å²) < 4.78 is 4.65. The summed E-state index contributed by atoms with van der Waals surface area (Å²) in [6.45, 7) is 0.0497. The number of hydrogen-bond donors (Lipinski definition) is 2. The highest BCUT2D eigenvalue weighted by Crippen LogP contribution is 2.28. The van der Waals surface area contributed by atoms with E-state index in [9.17, 15) is 14.9 Å². The van der Waals surface area contributed by atoms with Gasteiger partial charge in [-0.15, -0.1) is 0 Å². The van der Waals surface area contributed by atoms with E-state index in [4.69, 9.17) is 0 Å². The normalized spacial score (nSPS) is 15.6. The first kappa shape index (κ1) is 15.8. The average molecular weight is 301 g/mol. The molecular weight excluding hydrogens is 282 g/mol. The topological polar surface area (TPSA) is 91.2 Å². The van der Waals surface area contributed by atoms with Crippen LogP contribution in [0.5, 0.6) is 0 Å². The van der Waals surface area contributed by atoms with Crippen LogP contribution in [0.1, 0.15) is 36.0 Å². The van der Waals surface area contributed by atoms with Crippen LogP contribution in [0.3, 0.4) is 0 Å². The minimum atomic E-state index is -0.716. The van der Waals surface area contributed by atoms with Crippen LogP contribution in [0.4, 0.5) is 5.69 Å². The van der Waals surface area contributed by atoms with Gasteiger partial charge in [0.25, 0.3) is 0 Å². The molecule has 6 nitrogen and oxygen atoms in total. The first-order valence-electron chi connectivity index (χ1n) is 7.23. The third-order valence-electron chi connectivity index (χ3n) is 3.79. The van der Waals surface area contributed by atoms with Crippen LogP contribution in [0.25, 0.3) is 0 Å². The van der Waals surface area contributed by atoms with Gasteiger partial charge in [0, 0.05) is 5.69 Å². The lowest BCUT2D eigenvalue weighted by Gasteiger charge is -2.22. The molecule has 1 aliphatic carbocycles. The summed E-state index contributed by atoms with van der Waals surface area (Å²) in [7, 11) is 1.32. The molecule has 1 aliphatic rings. The number of carbonyl (C=O) groups excluding carboxylic acids is 2. The van der Waals surface area contributed by atoms with Crippen molar-refractivity contribution in [3.05, 3.63) is 29.8 Å². The molecule has 0 aliphatic heterocycles. The summed E-state index contributed by atoms with van der Waals surface area (Å²) in [5.41, 5.74) is 0.347. The van der Waals surface area contributed by atoms with Gasteiger partial charge in [-0.05, 0) is 43.9 Å².